The number of ether oxygens (including phenoxy) is 2. The molecule has 27 heavy (non-hydrogen) atoms. The number of aromatic nitrogens is 1. The molecule has 136 valence electrons. The van der Waals surface area contributed by atoms with Gasteiger partial charge in [-0.05, 0) is 42.8 Å². The van der Waals surface area contributed by atoms with Gasteiger partial charge < -0.3 is 15.2 Å². The van der Waals surface area contributed by atoms with Gasteiger partial charge in [0.2, 0.25) is 0 Å². The highest BCUT2D eigenvalue weighted by molar-refractivity contribution is 6.30. The highest BCUT2D eigenvalue weighted by atomic mass is 35.5. The molecule has 2 N–H and O–H groups in total. The zero-order valence-electron chi connectivity index (χ0n) is 15.2. The van der Waals surface area contributed by atoms with E-state index in [0.717, 1.165) is 16.7 Å². The lowest BCUT2D eigenvalue weighted by Crippen LogP contribution is -2.04. The van der Waals surface area contributed by atoms with Crippen molar-refractivity contribution in [2.75, 3.05) is 20.0 Å². The topological polar surface area (TPSA) is 81.2 Å². The molecule has 1 heterocycles. The molecule has 0 radical (unpaired) electrons. The summed E-state index contributed by atoms with van der Waals surface area (Å²) in [7, 11) is 3.17. The van der Waals surface area contributed by atoms with Crippen molar-refractivity contribution in [3.05, 3.63) is 58.6 Å². The largest absolute Gasteiger partial charge is 0.497 e. The van der Waals surface area contributed by atoms with E-state index in [2.05, 4.69) is 11.1 Å². The van der Waals surface area contributed by atoms with E-state index in [0.29, 0.717) is 33.3 Å². The number of nitrogens with zero attached hydrogens (tertiary/aromatic N) is 2. The predicted octanol–water partition coefficient (Wildman–Crippen LogP) is 4.85. The quantitative estimate of drug-likeness (QED) is 0.700. The third-order valence-electron chi connectivity index (χ3n) is 4.37. The molecule has 0 unspecified atom stereocenters. The van der Waals surface area contributed by atoms with Crippen LogP contribution in [0.15, 0.2) is 42.5 Å². The minimum absolute atomic E-state index is 0.160. The first kappa shape index (κ1) is 18.6. The molecule has 0 aliphatic rings. The number of nitrogen functional groups attached to an aromatic ring is 1. The molecule has 2 aromatic carbocycles. The lowest BCUT2D eigenvalue weighted by atomic mass is 9.92. The number of hydrogen-bond donors (Lipinski definition) is 1. The van der Waals surface area contributed by atoms with Crippen LogP contribution in [0.3, 0.4) is 0 Å². The molecule has 3 aromatic rings. The van der Waals surface area contributed by atoms with Crippen LogP contribution in [0.4, 0.5) is 5.82 Å². The first-order valence-electron chi connectivity index (χ1n) is 8.18. The maximum absolute atomic E-state index is 9.71. The van der Waals surface area contributed by atoms with Gasteiger partial charge in [0, 0.05) is 21.7 Å². The smallest absolute Gasteiger partial charge is 0.142 e. The Morgan fingerprint density at radius 1 is 1.07 bits per heavy atom. The number of hydrogen-bond acceptors (Lipinski definition) is 5. The molecule has 0 atom stereocenters. The van der Waals surface area contributed by atoms with Crippen LogP contribution < -0.4 is 15.2 Å². The van der Waals surface area contributed by atoms with Gasteiger partial charge in [-0.25, -0.2) is 4.98 Å². The summed E-state index contributed by atoms with van der Waals surface area (Å²) >= 11 is 6.00. The fourth-order valence-electron chi connectivity index (χ4n) is 3.04. The van der Waals surface area contributed by atoms with E-state index >= 15 is 0 Å². The van der Waals surface area contributed by atoms with E-state index in [9.17, 15) is 5.26 Å². The fourth-order valence-corrected chi connectivity index (χ4v) is 3.17. The predicted molar refractivity (Wildman–Crippen MR) is 107 cm³/mol. The van der Waals surface area contributed by atoms with E-state index in [1.54, 1.807) is 38.5 Å². The van der Waals surface area contributed by atoms with Crippen LogP contribution >= 0.6 is 11.6 Å². The Hall–Kier alpha value is -3.23. The normalized spacial score (nSPS) is 10.3. The molecule has 6 heteroatoms. The molecule has 0 aliphatic carbocycles. The molecule has 0 spiro atoms. The molecule has 5 nitrogen and oxygen atoms in total. The van der Waals surface area contributed by atoms with Gasteiger partial charge in [0.25, 0.3) is 0 Å². The van der Waals surface area contributed by atoms with E-state index in [4.69, 9.17) is 26.8 Å². The number of nitrogens with two attached hydrogens (primary N) is 1. The molecular formula is C21H18ClN3O2. The van der Waals surface area contributed by atoms with Crippen molar-refractivity contribution in [1.29, 1.82) is 5.26 Å². The zero-order chi connectivity index (χ0) is 19.6. The number of anilines is 1. The van der Waals surface area contributed by atoms with Crippen LogP contribution in [0.5, 0.6) is 11.5 Å². The summed E-state index contributed by atoms with van der Waals surface area (Å²) in [6, 6.07) is 14.9. The first-order valence-corrected chi connectivity index (χ1v) is 8.56. The van der Waals surface area contributed by atoms with Crippen molar-refractivity contribution in [2.45, 2.75) is 6.92 Å². The number of benzene rings is 2. The fraction of sp³-hybridized carbons (Fsp3) is 0.143. The molecule has 0 saturated heterocycles. The molecule has 0 saturated carbocycles. The minimum Gasteiger partial charge on any atom is -0.497 e. The van der Waals surface area contributed by atoms with Gasteiger partial charge in [0.05, 0.1) is 19.9 Å². The Balaban J connectivity index is 2.36. The van der Waals surface area contributed by atoms with E-state index in [1.807, 2.05) is 25.1 Å². The highest BCUT2D eigenvalue weighted by Gasteiger charge is 2.21. The van der Waals surface area contributed by atoms with Gasteiger partial charge in [-0.15, -0.1) is 0 Å². The average Bonchev–Trinajstić information content (AvgIpc) is 2.69. The van der Waals surface area contributed by atoms with E-state index in [-0.39, 0.29) is 5.82 Å². The summed E-state index contributed by atoms with van der Waals surface area (Å²) in [5, 5.41) is 10.3. The summed E-state index contributed by atoms with van der Waals surface area (Å²) < 4.78 is 10.9. The molecule has 1 aromatic heterocycles. The van der Waals surface area contributed by atoms with Crippen LogP contribution in [0, 0.1) is 18.3 Å². The molecule has 3 rings (SSSR count). The van der Waals surface area contributed by atoms with Crippen LogP contribution in [-0.2, 0) is 0 Å². The number of pyridine rings is 1. The van der Waals surface area contributed by atoms with Crippen molar-refractivity contribution in [3.63, 3.8) is 0 Å². The van der Waals surface area contributed by atoms with Gasteiger partial charge in [-0.1, -0.05) is 23.7 Å². The maximum Gasteiger partial charge on any atom is 0.142 e. The summed E-state index contributed by atoms with van der Waals surface area (Å²) in [5.74, 6) is 1.42. The van der Waals surface area contributed by atoms with Gasteiger partial charge in [-0.2, -0.15) is 5.26 Å². The molecule has 0 bridgehead atoms. The molecule has 0 amide bonds. The average molecular weight is 380 g/mol. The van der Waals surface area contributed by atoms with Crippen LogP contribution in [0.25, 0.3) is 22.4 Å². The third-order valence-corrected chi connectivity index (χ3v) is 4.63. The number of methoxy groups -OCH3 is 2. The van der Waals surface area contributed by atoms with E-state index < -0.39 is 0 Å². The molecule has 0 aliphatic heterocycles. The van der Waals surface area contributed by atoms with Gasteiger partial charge >= 0.3 is 0 Å². The second-order valence-electron chi connectivity index (χ2n) is 5.91. The van der Waals surface area contributed by atoms with Crippen molar-refractivity contribution in [2.24, 2.45) is 0 Å². The highest BCUT2D eigenvalue weighted by Crippen LogP contribution is 2.41. The standard InChI is InChI=1S/C21H18ClN3O2/c1-12-19(16-10-15(26-2)8-9-18(16)27-3)17(11-23)21(24)25-20(12)13-4-6-14(22)7-5-13/h4-10H,1-3H3,(H2,24,25). The van der Waals surface area contributed by atoms with Gasteiger partial charge in [0.15, 0.2) is 0 Å². The van der Waals surface area contributed by atoms with Crippen molar-refractivity contribution in [3.8, 4) is 40.0 Å². The lowest BCUT2D eigenvalue weighted by molar-refractivity contribution is 0.404. The minimum atomic E-state index is 0.160. The monoisotopic (exact) mass is 379 g/mol. The second kappa shape index (κ2) is 7.56. The van der Waals surface area contributed by atoms with Gasteiger partial charge in [0.1, 0.15) is 28.9 Å². The third kappa shape index (κ3) is 3.40. The number of halogens is 1. The lowest BCUT2D eigenvalue weighted by Gasteiger charge is -2.18. The van der Waals surface area contributed by atoms with Crippen molar-refractivity contribution >= 4 is 17.4 Å². The Labute approximate surface area is 162 Å². The SMILES string of the molecule is COc1ccc(OC)c(-c2c(C)c(-c3ccc(Cl)cc3)nc(N)c2C#N)c1. The molecular weight excluding hydrogens is 362 g/mol. The number of nitriles is 1. The van der Waals surface area contributed by atoms with Crippen LogP contribution in [-0.4, -0.2) is 19.2 Å². The second-order valence-corrected chi connectivity index (χ2v) is 6.34. The van der Waals surface area contributed by atoms with Crippen molar-refractivity contribution in [1.82, 2.24) is 4.98 Å². The zero-order valence-corrected chi connectivity index (χ0v) is 16.0. The van der Waals surface area contributed by atoms with Gasteiger partial charge in [-0.3, -0.25) is 0 Å². The summed E-state index contributed by atoms with van der Waals surface area (Å²) in [6.07, 6.45) is 0. The van der Waals surface area contributed by atoms with Crippen molar-refractivity contribution < 1.29 is 9.47 Å². The summed E-state index contributed by atoms with van der Waals surface area (Å²) in [4.78, 5) is 4.47. The Bertz CT molecular complexity index is 1040. The Kier molecular flexibility index (Phi) is 5.20. The summed E-state index contributed by atoms with van der Waals surface area (Å²) in [5.41, 5.74) is 10.2. The number of rotatable bonds is 4. The molecule has 0 fully saturated rings. The maximum atomic E-state index is 9.71. The first-order chi connectivity index (χ1) is 13.0. The Morgan fingerprint density at radius 3 is 2.37 bits per heavy atom. The van der Waals surface area contributed by atoms with E-state index in [1.165, 1.54) is 0 Å². The summed E-state index contributed by atoms with van der Waals surface area (Å²) in [6.45, 7) is 1.91. The van der Waals surface area contributed by atoms with Crippen LogP contribution in [0.1, 0.15) is 11.1 Å². The Morgan fingerprint density at radius 2 is 1.78 bits per heavy atom. The van der Waals surface area contributed by atoms with Crippen LogP contribution in [0.2, 0.25) is 5.02 Å².